The van der Waals surface area contributed by atoms with Crippen LogP contribution in [-0.2, 0) is 52.3 Å². The van der Waals surface area contributed by atoms with Gasteiger partial charge in [-0.15, -0.1) is 0 Å². The highest BCUT2D eigenvalue weighted by molar-refractivity contribution is 5.82. The summed E-state index contributed by atoms with van der Waals surface area (Å²) in [6, 6.07) is 0. The van der Waals surface area contributed by atoms with Crippen molar-refractivity contribution in [2.75, 3.05) is 26.4 Å². The molecule has 4 bridgehead atoms. The number of hydrogen-bond acceptors (Lipinski definition) is 12. The SMILES string of the molecule is CCO[C@@]12CCC=CC(=O)O[C@@H]3C[C@H]4O[C@@H]5C=C(C)[C@@H](OC(C)=O)C[C@]5(COC(=O)[C@H]5O[C@]5(CCO1)[C@H]2O)[C@]3(C)[C@]41CO1. The Labute approximate surface area is 249 Å². The molecule has 43 heavy (non-hydrogen) atoms. The number of esters is 3. The first-order valence-corrected chi connectivity index (χ1v) is 15.3. The van der Waals surface area contributed by atoms with Crippen LogP contribution in [0.1, 0.15) is 59.8 Å². The molecule has 12 heteroatoms. The third-order valence-corrected chi connectivity index (χ3v) is 11.3. The van der Waals surface area contributed by atoms with Crippen LogP contribution < -0.4 is 0 Å². The molecule has 4 saturated heterocycles. The fraction of sp³-hybridized carbons (Fsp3) is 0.774. The molecule has 1 saturated carbocycles. The largest absolute Gasteiger partial charge is 0.463 e. The van der Waals surface area contributed by atoms with Crippen molar-refractivity contribution in [3.8, 4) is 0 Å². The highest BCUT2D eigenvalue weighted by Crippen LogP contribution is 2.72. The van der Waals surface area contributed by atoms with Gasteiger partial charge in [0.25, 0.3) is 0 Å². The van der Waals surface area contributed by atoms with Crippen LogP contribution in [0.25, 0.3) is 0 Å². The number of epoxide rings is 2. The summed E-state index contributed by atoms with van der Waals surface area (Å²) >= 11 is 0. The summed E-state index contributed by atoms with van der Waals surface area (Å²) in [5.41, 5.74) is -2.96. The van der Waals surface area contributed by atoms with Gasteiger partial charge in [-0.1, -0.05) is 19.1 Å². The molecule has 0 aromatic carbocycles. The molecule has 0 aromatic heterocycles. The van der Waals surface area contributed by atoms with E-state index in [1.165, 1.54) is 13.0 Å². The van der Waals surface area contributed by atoms with Gasteiger partial charge in [-0.05, 0) is 25.8 Å². The summed E-state index contributed by atoms with van der Waals surface area (Å²) in [7, 11) is 0. The Bertz CT molecular complexity index is 1270. The third-order valence-electron chi connectivity index (χ3n) is 11.3. The molecular formula is C31H40O12. The molecule has 5 heterocycles. The highest BCUT2D eigenvalue weighted by Gasteiger charge is 2.84. The van der Waals surface area contributed by atoms with Crippen LogP contribution >= 0.6 is 0 Å². The maximum Gasteiger partial charge on any atom is 0.338 e. The van der Waals surface area contributed by atoms with E-state index in [4.69, 9.17) is 37.9 Å². The Hall–Kier alpha value is -2.35. The quantitative estimate of drug-likeness (QED) is 0.216. The third kappa shape index (κ3) is 3.99. The Morgan fingerprint density at radius 2 is 1.95 bits per heavy atom. The minimum absolute atomic E-state index is 0.130. The molecule has 236 valence electrons. The Balaban J connectivity index is 1.30. The maximum absolute atomic E-state index is 13.7. The molecule has 5 fully saturated rings. The van der Waals surface area contributed by atoms with Gasteiger partial charge in [0.1, 0.15) is 36.1 Å². The van der Waals surface area contributed by atoms with Crippen LogP contribution in [0.2, 0.25) is 0 Å². The lowest BCUT2D eigenvalue weighted by molar-refractivity contribution is -0.316. The summed E-state index contributed by atoms with van der Waals surface area (Å²) in [6.45, 7) is 7.80. The molecule has 2 aliphatic carbocycles. The van der Waals surface area contributed by atoms with E-state index < -0.39 is 76.2 Å². The number of rotatable bonds is 3. The van der Waals surface area contributed by atoms with Crippen molar-refractivity contribution >= 4 is 17.9 Å². The monoisotopic (exact) mass is 604 g/mol. The average Bonchev–Trinajstić information content (AvgIpc) is 3.87. The first kappa shape index (κ1) is 29.4. The predicted molar refractivity (Wildman–Crippen MR) is 144 cm³/mol. The zero-order valence-corrected chi connectivity index (χ0v) is 25.0. The molecule has 0 aromatic rings. The van der Waals surface area contributed by atoms with E-state index in [1.807, 2.05) is 19.9 Å². The topological polar surface area (TPSA) is 152 Å². The van der Waals surface area contributed by atoms with Gasteiger partial charge in [-0.3, -0.25) is 4.79 Å². The lowest BCUT2D eigenvalue weighted by atomic mass is 9.51. The standard InChI is InChI=1S/C31H40O12/c1-5-37-31-9-7-6-8-23(33)42-20-13-22-30(16-39-30)27(20,4)28(14-19(40-18(3)32)17(2)12-21(28)41-22)15-36-25(34)24-29(43-24,26(31)35)10-11-38-31/h6,8,12,19-22,24,26,35H,5,7,9-11,13-16H2,1-4H3/t19-,20+,21+,22+,24+,26+,27+,28+,29-,30-,31-/m0/s1. The van der Waals surface area contributed by atoms with Gasteiger partial charge in [-0.25, -0.2) is 9.59 Å². The minimum atomic E-state index is -1.41. The van der Waals surface area contributed by atoms with Crippen molar-refractivity contribution in [3.63, 3.8) is 0 Å². The van der Waals surface area contributed by atoms with Crippen molar-refractivity contribution in [2.24, 2.45) is 10.8 Å². The van der Waals surface area contributed by atoms with E-state index in [1.54, 1.807) is 13.0 Å². The number of cyclic esters (lactones) is 1. The van der Waals surface area contributed by atoms with Gasteiger partial charge < -0.3 is 43.0 Å². The number of fused-ring (bicyclic) bond motifs is 1. The Morgan fingerprint density at radius 3 is 2.67 bits per heavy atom. The normalized spacial score (nSPS) is 50.1. The van der Waals surface area contributed by atoms with Crippen LogP contribution in [0.4, 0.5) is 0 Å². The predicted octanol–water partition coefficient (Wildman–Crippen LogP) is 1.66. The van der Waals surface area contributed by atoms with Gasteiger partial charge in [0.05, 0.1) is 36.3 Å². The summed E-state index contributed by atoms with van der Waals surface area (Å²) in [5, 5.41) is 11.5. The van der Waals surface area contributed by atoms with E-state index in [-0.39, 0.29) is 45.2 Å². The number of aliphatic hydroxyl groups excluding tert-OH is 1. The van der Waals surface area contributed by atoms with Crippen molar-refractivity contribution < 1.29 is 57.4 Å². The zero-order chi connectivity index (χ0) is 30.4. The van der Waals surface area contributed by atoms with Crippen molar-refractivity contribution in [3.05, 3.63) is 23.8 Å². The number of allylic oxidation sites excluding steroid dienone is 1. The number of carbonyl (C=O) groups excluding carboxylic acids is 3. The fourth-order valence-corrected chi connectivity index (χ4v) is 8.83. The lowest BCUT2D eigenvalue weighted by Gasteiger charge is -2.59. The van der Waals surface area contributed by atoms with Crippen LogP contribution in [0.3, 0.4) is 0 Å². The Morgan fingerprint density at radius 1 is 1.16 bits per heavy atom. The molecule has 12 nitrogen and oxygen atoms in total. The first-order chi connectivity index (χ1) is 20.5. The zero-order valence-electron chi connectivity index (χ0n) is 25.0. The average molecular weight is 605 g/mol. The minimum Gasteiger partial charge on any atom is -0.463 e. The van der Waals surface area contributed by atoms with Gasteiger partial charge >= 0.3 is 17.9 Å². The van der Waals surface area contributed by atoms with Gasteiger partial charge in [0, 0.05) is 45.3 Å². The van der Waals surface area contributed by atoms with Gasteiger partial charge in [0.2, 0.25) is 0 Å². The summed E-state index contributed by atoms with van der Waals surface area (Å²) in [5.74, 6) is -2.99. The van der Waals surface area contributed by atoms with E-state index in [2.05, 4.69) is 0 Å². The number of ether oxygens (including phenoxy) is 8. The number of aliphatic hydroxyl groups is 1. The lowest BCUT2D eigenvalue weighted by Crippen LogP contribution is -2.68. The second-order valence-corrected chi connectivity index (χ2v) is 13.2. The fourth-order valence-electron chi connectivity index (χ4n) is 8.83. The Kier molecular flexibility index (Phi) is 6.71. The van der Waals surface area contributed by atoms with Gasteiger partial charge in [0.15, 0.2) is 11.9 Å². The summed E-state index contributed by atoms with van der Waals surface area (Å²) < 4.78 is 48.7. The summed E-state index contributed by atoms with van der Waals surface area (Å²) in [4.78, 5) is 39.1. The molecule has 0 amide bonds. The van der Waals surface area contributed by atoms with Gasteiger partial charge in [-0.2, -0.15) is 0 Å². The molecule has 5 aliphatic heterocycles. The molecule has 0 radical (unpaired) electrons. The summed E-state index contributed by atoms with van der Waals surface area (Å²) in [6.07, 6.45) is 2.19. The van der Waals surface area contributed by atoms with E-state index >= 15 is 0 Å². The second kappa shape index (κ2) is 9.82. The van der Waals surface area contributed by atoms with Crippen LogP contribution in [-0.4, -0.2) is 103 Å². The molecular weight excluding hydrogens is 564 g/mol. The molecule has 7 rings (SSSR count). The number of carbonyl (C=O) groups is 3. The number of hydrogen-bond donors (Lipinski definition) is 1. The maximum atomic E-state index is 13.7. The highest BCUT2D eigenvalue weighted by atomic mass is 16.7. The van der Waals surface area contributed by atoms with Crippen LogP contribution in [0, 0.1) is 10.8 Å². The molecule has 1 N–H and O–H groups in total. The molecule has 11 atom stereocenters. The van der Waals surface area contributed by atoms with Crippen molar-refractivity contribution in [1.82, 2.24) is 0 Å². The van der Waals surface area contributed by atoms with E-state index in [9.17, 15) is 19.5 Å². The molecule has 0 unspecified atom stereocenters. The molecule has 7 aliphatic rings. The van der Waals surface area contributed by atoms with Crippen LogP contribution in [0.15, 0.2) is 23.8 Å². The smallest absolute Gasteiger partial charge is 0.338 e. The van der Waals surface area contributed by atoms with E-state index in [0.29, 0.717) is 19.4 Å². The van der Waals surface area contributed by atoms with Crippen LogP contribution in [0.5, 0.6) is 0 Å². The molecule has 3 spiro atoms. The first-order valence-electron chi connectivity index (χ1n) is 15.3. The van der Waals surface area contributed by atoms with Crippen molar-refractivity contribution in [1.29, 1.82) is 0 Å². The second-order valence-electron chi connectivity index (χ2n) is 13.2. The van der Waals surface area contributed by atoms with Crippen molar-refractivity contribution in [2.45, 2.75) is 113 Å². The van der Waals surface area contributed by atoms with E-state index in [0.717, 1.165) is 5.57 Å².